The Morgan fingerprint density at radius 1 is 1.30 bits per heavy atom. The van der Waals surface area contributed by atoms with Crippen molar-refractivity contribution in [3.63, 3.8) is 0 Å². The minimum atomic E-state index is -2.27. The van der Waals surface area contributed by atoms with E-state index in [1.54, 1.807) is 0 Å². The van der Waals surface area contributed by atoms with Gasteiger partial charge in [0.15, 0.2) is 5.54 Å². The first-order valence-electron chi connectivity index (χ1n) is 7.77. The third-order valence-electron chi connectivity index (χ3n) is 3.86. The molecule has 2 N–H and O–H groups in total. The van der Waals surface area contributed by atoms with Gasteiger partial charge in [0.05, 0.1) is 13.2 Å². The summed E-state index contributed by atoms with van der Waals surface area (Å²) in [7, 11) is 1.42. The van der Waals surface area contributed by atoms with Crippen molar-refractivity contribution in [3.8, 4) is 0 Å². The van der Waals surface area contributed by atoms with Crippen LogP contribution in [0.4, 0.5) is 8.78 Å². The molecule has 1 aromatic heterocycles. The van der Waals surface area contributed by atoms with E-state index >= 15 is 0 Å². The second-order valence-electron chi connectivity index (χ2n) is 5.78. The van der Waals surface area contributed by atoms with E-state index in [1.807, 2.05) is 0 Å². The maximum absolute atomic E-state index is 14.1. The number of ether oxygens (including phenoxy) is 1. The highest BCUT2D eigenvalue weighted by atomic mass is 19.1. The van der Waals surface area contributed by atoms with Crippen molar-refractivity contribution in [1.29, 1.82) is 0 Å². The van der Waals surface area contributed by atoms with Crippen molar-refractivity contribution in [3.05, 3.63) is 63.6 Å². The normalized spacial score (nSPS) is 13.0. The molecule has 10 heteroatoms. The number of rotatable bonds is 7. The number of halogens is 2. The van der Waals surface area contributed by atoms with Gasteiger partial charge in [0.25, 0.3) is 11.5 Å². The maximum atomic E-state index is 14.1. The Balaban J connectivity index is 2.39. The molecule has 0 radical (unpaired) electrons. The number of hydrogen-bond acceptors (Lipinski definition) is 5. The number of aromatic nitrogens is 2. The van der Waals surface area contributed by atoms with E-state index < -0.39 is 40.2 Å². The molecule has 2 rings (SSSR count). The smallest absolute Gasteiger partial charge is 0.333 e. The predicted octanol–water partition coefficient (Wildman–Crippen LogP) is 0.898. The third-order valence-corrected chi connectivity index (χ3v) is 3.86. The van der Waals surface area contributed by atoms with E-state index in [0.717, 1.165) is 35.9 Å². The molecule has 0 saturated carbocycles. The zero-order valence-electron chi connectivity index (χ0n) is 14.5. The quantitative estimate of drug-likeness (QED) is 0.737. The Morgan fingerprint density at radius 2 is 2.00 bits per heavy atom. The summed E-state index contributed by atoms with van der Waals surface area (Å²) in [4.78, 5) is 35.9. The van der Waals surface area contributed by atoms with Crippen LogP contribution in [0.1, 0.15) is 23.0 Å². The second-order valence-corrected chi connectivity index (χ2v) is 5.78. The molecule has 0 aliphatic rings. The number of methoxy groups -OCH3 is 1. The summed E-state index contributed by atoms with van der Waals surface area (Å²) in [6.07, 6.45) is 0. The molecular formula is C17H17F2N3O5. The van der Waals surface area contributed by atoms with Crippen LogP contribution >= 0.6 is 0 Å². The average Bonchev–Trinajstić information content (AvgIpc) is 2.62. The lowest BCUT2D eigenvalue weighted by atomic mass is 9.91. The molecule has 0 bridgehead atoms. The first-order valence-corrected chi connectivity index (χ1v) is 7.77. The zero-order chi connectivity index (χ0) is 20.2. The molecule has 0 spiro atoms. The lowest BCUT2D eigenvalue weighted by Gasteiger charge is -2.27. The molecule has 1 aromatic carbocycles. The number of nitrogens with one attached hydrogen (secondary N) is 1. The van der Waals surface area contributed by atoms with E-state index in [9.17, 15) is 28.3 Å². The van der Waals surface area contributed by atoms with E-state index in [4.69, 9.17) is 4.74 Å². The molecule has 0 unspecified atom stereocenters. The highest BCUT2D eigenvalue weighted by Gasteiger charge is 2.40. The highest BCUT2D eigenvalue weighted by Crippen LogP contribution is 2.25. The van der Waals surface area contributed by atoms with Gasteiger partial charge in [-0.2, -0.15) is 5.10 Å². The summed E-state index contributed by atoms with van der Waals surface area (Å²) in [6, 6.07) is 4.47. The predicted molar refractivity (Wildman–Crippen MR) is 89.2 cm³/mol. The van der Waals surface area contributed by atoms with Gasteiger partial charge in [-0.1, -0.05) is 0 Å². The number of nitrogens with zero attached hydrogens (tertiary/aromatic N) is 2. The topological polar surface area (TPSA) is 111 Å². The Hall–Kier alpha value is -3.14. The number of amides is 1. The lowest BCUT2D eigenvalue weighted by Crippen LogP contribution is -2.50. The first kappa shape index (κ1) is 20.2. The van der Waals surface area contributed by atoms with Gasteiger partial charge in [-0.15, -0.1) is 0 Å². The molecule has 2 aromatic rings. The lowest BCUT2D eigenvalue weighted by molar-refractivity contribution is -0.144. The summed E-state index contributed by atoms with van der Waals surface area (Å²) < 4.78 is 33.4. The fraction of sp³-hybridized carbons (Fsp3) is 0.294. The van der Waals surface area contributed by atoms with Gasteiger partial charge in [-0.3, -0.25) is 9.59 Å². The molecule has 1 amide bonds. The Labute approximate surface area is 152 Å². The molecule has 0 aliphatic carbocycles. The van der Waals surface area contributed by atoms with Crippen LogP contribution in [-0.4, -0.2) is 40.5 Å². The second kappa shape index (κ2) is 8.04. The van der Waals surface area contributed by atoms with Gasteiger partial charge >= 0.3 is 5.97 Å². The van der Waals surface area contributed by atoms with Crippen LogP contribution in [0.5, 0.6) is 0 Å². The van der Waals surface area contributed by atoms with Crippen LogP contribution in [0.15, 0.2) is 35.1 Å². The van der Waals surface area contributed by atoms with Crippen LogP contribution in [-0.2, 0) is 21.6 Å². The van der Waals surface area contributed by atoms with Gasteiger partial charge in [-0.25, -0.2) is 18.3 Å². The number of carbonyl (C=O) groups is 2. The summed E-state index contributed by atoms with van der Waals surface area (Å²) >= 11 is 0. The van der Waals surface area contributed by atoms with Gasteiger partial charge in [0, 0.05) is 18.7 Å². The van der Waals surface area contributed by atoms with Crippen LogP contribution in [0, 0.1) is 11.6 Å². The number of aliphatic carboxylic acids is 1. The van der Waals surface area contributed by atoms with Crippen LogP contribution in [0.2, 0.25) is 0 Å². The monoisotopic (exact) mass is 381 g/mol. The Morgan fingerprint density at radius 3 is 2.63 bits per heavy atom. The molecule has 0 saturated heterocycles. The molecule has 144 valence electrons. The summed E-state index contributed by atoms with van der Waals surface area (Å²) in [5.41, 5.74) is -3.58. The van der Waals surface area contributed by atoms with E-state index in [-0.39, 0.29) is 18.8 Å². The maximum Gasteiger partial charge on any atom is 0.333 e. The Bertz CT molecular complexity index is 931. The summed E-state index contributed by atoms with van der Waals surface area (Å²) in [5, 5.41) is 15.5. The van der Waals surface area contributed by atoms with Crippen molar-refractivity contribution < 1.29 is 28.2 Å². The minimum absolute atomic E-state index is 0.0746. The van der Waals surface area contributed by atoms with Gasteiger partial charge < -0.3 is 15.2 Å². The van der Waals surface area contributed by atoms with E-state index in [2.05, 4.69) is 10.4 Å². The van der Waals surface area contributed by atoms with E-state index in [1.165, 1.54) is 7.11 Å². The molecule has 8 nitrogen and oxygen atoms in total. The number of carboxylic acid groups (broad SMARTS) is 1. The average molecular weight is 381 g/mol. The molecular weight excluding hydrogens is 364 g/mol. The SMILES string of the molecule is COCCn1nc(C(=O)N[C@](C)(C(=O)O)c2cc(F)ccc2F)ccc1=O. The fourth-order valence-electron chi connectivity index (χ4n) is 2.32. The van der Waals surface area contributed by atoms with E-state index in [0.29, 0.717) is 6.07 Å². The van der Waals surface area contributed by atoms with Crippen molar-refractivity contribution in [1.82, 2.24) is 15.1 Å². The minimum Gasteiger partial charge on any atom is -0.479 e. The fourth-order valence-corrected chi connectivity index (χ4v) is 2.32. The largest absolute Gasteiger partial charge is 0.479 e. The molecule has 1 atom stereocenters. The van der Waals surface area contributed by atoms with Gasteiger partial charge in [-0.05, 0) is 31.2 Å². The van der Waals surface area contributed by atoms with Crippen molar-refractivity contribution in [2.24, 2.45) is 0 Å². The number of carbonyl (C=O) groups excluding carboxylic acids is 1. The van der Waals surface area contributed by atoms with Crippen LogP contribution < -0.4 is 10.9 Å². The summed E-state index contributed by atoms with van der Waals surface area (Å²) in [6.45, 7) is 1.26. The van der Waals surface area contributed by atoms with Crippen molar-refractivity contribution in [2.45, 2.75) is 19.0 Å². The summed E-state index contributed by atoms with van der Waals surface area (Å²) in [5.74, 6) is -4.44. The molecule has 1 heterocycles. The van der Waals surface area contributed by atoms with Crippen molar-refractivity contribution in [2.75, 3.05) is 13.7 Å². The van der Waals surface area contributed by atoms with Gasteiger partial charge in [0.1, 0.15) is 17.3 Å². The highest BCUT2D eigenvalue weighted by molar-refractivity contribution is 5.96. The van der Waals surface area contributed by atoms with Crippen molar-refractivity contribution >= 4 is 11.9 Å². The molecule has 0 aliphatic heterocycles. The molecule has 27 heavy (non-hydrogen) atoms. The number of hydrogen-bond donors (Lipinski definition) is 2. The first-order chi connectivity index (χ1) is 12.7. The number of benzene rings is 1. The molecule has 0 fully saturated rings. The standard InChI is InChI=1S/C17H17F2N3O5/c1-17(16(25)26,11-9-10(18)3-4-12(11)19)20-15(24)13-5-6-14(23)22(21-13)7-8-27-2/h3-6,9H,7-8H2,1-2H3,(H,20,24)(H,25,26)/t17-/m0/s1. The van der Waals surface area contributed by atoms with Crippen LogP contribution in [0.3, 0.4) is 0 Å². The Kier molecular flexibility index (Phi) is 6.01. The van der Waals surface area contributed by atoms with Crippen LogP contribution in [0.25, 0.3) is 0 Å². The zero-order valence-corrected chi connectivity index (χ0v) is 14.5. The number of carboxylic acids is 1. The van der Waals surface area contributed by atoms with Gasteiger partial charge in [0.2, 0.25) is 0 Å². The third kappa shape index (κ3) is 4.34.